The zero-order chi connectivity index (χ0) is 21.9. The third kappa shape index (κ3) is 4.08. The van der Waals surface area contributed by atoms with E-state index in [1.807, 2.05) is 36.4 Å². The van der Waals surface area contributed by atoms with Crippen molar-refractivity contribution in [3.63, 3.8) is 0 Å². The first-order valence-electron chi connectivity index (χ1n) is 11.5. The summed E-state index contributed by atoms with van der Waals surface area (Å²) in [7, 11) is 0. The Kier molecular flexibility index (Phi) is 5.82. The van der Waals surface area contributed by atoms with E-state index in [1.54, 1.807) is 0 Å². The number of hydrogen-bond donors (Lipinski definition) is 1. The minimum atomic E-state index is -0.167. The Morgan fingerprint density at radius 3 is 2.19 bits per heavy atom. The van der Waals surface area contributed by atoms with E-state index in [4.69, 9.17) is 0 Å². The number of fused-ring (bicyclic) bond motifs is 1. The molecule has 1 N–H and O–H groups in total. The Bertz CT molecular complexity index is 1050. The van der Waals surface area contributed by atoms with Gasteiger partial charge in [0.25, 0.3) is 5.91 Å². The molecule has 0 saturated carbocycles. The minimum Gasteiger partial charge on any atom is -0.369 e. The minimum absolute atomic E-state index is 0.00521. The van der Waals surface area contributed by atoms with Crippen LogP contribution in [0.1, 0.15) is 29.0 Å². The number of para-hydroxylation sites is 2. The third-order valence-electron chi connectivity index (χ3n) is 6.58. The van der Waals surface area contributed by atoms with Gasteiger partial charge in [-0.05, 0) is 36.8 Å². The first-order valence-corrected chi connectivity index (χ1v) is 11.5. The van der Waals surface area contributed by atoms with Crippen molar-refractivity contribution in [3.05, 3.63) is 96.1 Å². The lowest BCUT2D eigenvalue weighted by Gasteiger charge is -2.45. The zero-order valence-corrected chi connectivity index (χ0v) is 18.5. The zero-order valence-electron chi connectivity index (χ0n) is 18.5. The van der Waals surface area contributed by atoms with Crippen LogP contribution in [-0.4, -0.2) is 49.6 Å². The first kappa shape index (κ1) is 20.6. The molecular weight excluding hydrogens is 396 g/mol. The molecule has 2 unspecified atom stereocenters. The molecule has 5 heteroatoms. The number of carbonyl (C=O) groups excluding carboxylic acids is 1. The summed E-state index contributed by atoms with van der Waals surface area (Å²) in [5.41, 5.74) is 4.18. The SMILES string of the molecule is CC(CN1CCN(c2ccccc2)CC1)N1c2ccccc2C(=O)NC1c1ccccc1. The summed E-state index contributed by atoms with van der Waals surface area (Å²) in [6.45, 7) is 7.37. The summed E-state index contributed by atoms with van der Waals surface area (Å²) in [6.07, 6.45) is -0.167. The second kappa shape index (κ2) is 9.05. The largest absolute Gasteiger partial charge is 0.369 e. The van der Waals surface area contributed by atoms with Crippen LogP contribution in [0.2, 0.25) is 0 Å². The molecular formula is C27H30N4O. The summed E-state index contributed by atoms with van der Waals surface area (Å²) in [6, 6.07) is 29.1. The van der Waals surface area contributed by atoms with Crippen molar-refractivity contribution in [3.8, 4) is 0 Å². The standard InChI is InChI=1S/C27H30N4O/c1-21(20-29-16-18-30(19-17-29)23-12-6-3-7-13-23)31-25-15-9-8-14-24(25)27(32)28-26(31)22-10-4-2-5-11-22/h2-15,21,26H,16-20H2,1H3,(H,28,32). The van der Waals surface area contributed by atoms with Gasteiger partial charge in [-0.3, -0.25) is 9.69 Å². The number of carbonyl (C=O) groups is 1. The fourth-order valence-electron chi connectivity index (χ4n) is 4.96. The van der Waals surface area contributed by atoms with Crippen molar-refractivity contribution < 1.29 is 4.79 Å². The van der Waals surface area contributed by atoms with E-state index >= 15 is 0 Å². The quantitative estimate of drug-likeness (QED) is 0.665. The normalized spacial score (nSPS) is 19.9. The van der Waals surface area contributed by atoms with Gasteiger partial charge in [0, 0.05) is 44.5 Å². The fraction of sp³-hybridized carbons (Fsp3) is 0.296. The van der Waals surface area contributed by atoms with Crippen LogP contribution in [0.4, 0.5) is 11.4 Å². The molecule has 0 bridgehead atoms. The van der Waals surface area contributed by atoms with Gasteiger partial charge in [-0.1, -0.05) is 60.7 Å². The van der Waals surface area contributed by atoms with Gasteiger partial charge in [-0.25, -0.2) is 0 Å². The van der Waals surface area contributed by atoms with E-state index in [2.05, 4.69) is 75.5 Å². The highest BCUT2D eigenvalue weighted by molar-refractivity contribution is 6.02. The number of nitrogens with one attached hydrogen (secondary N) is 1. The highest BCUT2D eigenvalue weighted by Gasteiger charge is 2.35. The number of rotatable bonds is 5. The number of nitrogens with zero attached hydrogens (tertiary/aromatic N) is 3. The number of hydrogen-bond acceptors (Lipinski definition) is 4. The van der Waals surface area contributed by atoms with Crippen molar-refractivity contribution in [1.29, 1.82) is 0 Å². The molecule has 3 aromatic carbocycles. The van der Waals surface area contributed by atoms with Crippen LogP contribution in [0.15, 0.2) is 84.9 Å². The molecule has 0 aromatic heterocycles. The molecule has 2 aliphatic rings. The Hall–Kier alpha value is -3.31. The average Bonchev–Trinajstić information content (AvgIpc) is 2.85. The fourth-order valence-corrected chi connectivity index (χ4v) is 4.96. The molecule has 2 aliphatic heterocycles. The Morgan fingerprint density at radius 1 is 0.844 bits per heavy atom. The Balaban J connectivity index is 1.34. The summed E-state index contributed by atoms with van der Waals surface area (Å²) >= 11 is 0. The number of benzene rings is 3. The lowest BCUT2D eigenvalue weighted by Crippen LogP contribution is -2.55. The lowest BCUT2D eigenvalue weighted by molar-refractivity contribution is 0.0922. The van der Waals surface area contributed by atoms with Gasteiger partial charge >= 0.3 is 0 Å². The predicted octanol–water partition coefficient (Wildman–Crippen LogP) is 4.15. The van der Waals surface area contributed by atoms with Gasteiger partial charge in [0.1, 0.15) is 6.17 Å². The second-order valence-electron chi connectivity index (χ2n) is 8.68. The molecule has 164 valence electrons. The smallest absolute Gasteiger partial charge is 0.255 e. The van der Waals surface area contributed by atoms with Gasteiger partial charge < -0.3 is 15.1 Å². The maximum absolute atomic E-state index is 12.8. The molecule has 1 saturated heterocycles. The summed E-state index contributed by atoms with van der Waals surface area (Å²) in [5.74, 6) is -0.00521. The van der Waals surface area contributed by atoms with Crippen LogP contribution in [-0.2, 0) is 0 Å². The van der Waals surface area contributed by atoms with Gasteiger partial charge in [0.05, 0.1) is 11.3 Å². The second-order valence-corrected chi connectivity index (χ2v) is 8.68. The highest BCUT2D eigenvalue weighted by Crippen LogP contribution is 2.35. The van der Waals surface area contributed by atoms with Crippen LogP contribution >= 0.6 is 0 Å². The van der Waals surface area contributed by atoms with Crippen LogP contribution in [0.5, 0.6) is 0 Å². The third-order valence-corrected chi connectivity index (χ3v) is 6.58. The van der Waals surface area contributed by atoms with E-state index in [1.165, 1.54) is 5.69 Å². The van der Waals surface area contributed by atoms with Gasteiger partial charge in [0.15, 0.2) is 0 Å². The maximum atomic E-state index is 12.8. The van der Waals surface area contributed by atoms with Gasteiger partial charge in [-0.2, -0.15) is 0 Å². The summed E-state index contributed by atoms with van der Waals surface area (Å²) < 4.78 is 0. The monoisotopic (exact) mass is 426 g/mol. The molecule has 0 aliphatic carbocycles. The van der Waals surface area contributed by atoms with E-state index in [0.717, 1.165) is 49.5 Å². The highest BCUT2D eigenvalue weighted by atomic mass is 16.2. The maximum Gasteiger partial charge on any atom is 0.255 e. The molecule has 0 radical (unpaired) electrons. The van der Waals surface area contributed by atoms with Gasteiger partial charge in [0.2, 0.25) is 0 Å². The van der Waals surface area contributed by atoms with Crippen LogP contribution < -0.4 is 15.1 Å². The van der Waals surface area contributed by atoms with Crippen LogP contribution in [0, 0.1) is 0 Å². The topological polar surface area (TPSA) is 38.8 Å². The van der Waals surface area contributed by atoms with E-state index in [0.29, 0.717) is 0 Å². The number of amides is 1. The molecule has 2 heterocycles. The molecule has 3 aromatic rings. The summed E-state index contributed by atoms with van der Waals surface area (Å²) in [5, 5.41) is 3.25. The van der Waals surface area contributed by atoms with Crippen LogP contribution in [0.25, 0.3) is 0 Å². The molecule has 32 heavy (non-hydrogen) atoms. The van der Waals surface area contributed by atoms with Crippen molar-refractivity contribution in [2.45, 2.75) is 19.1 Å². The number of piperazine rings is 1. The first-order chi connectivity index (χ1) is 15.7. The van der Waals surface area contributed by atoms with Crippen molar-refractivity contribution in [2.24, 2.45) is 0 Å². The molecule has 5 rings (SSSR count). The van der Waals surface area contributed by atoms with Crippen LogP contribution in [0.3, 0.4) is 0 Å². The molecule has 2 atom stereocenters. The van der Waals surface area contributed by atoms with Gasteiger partial charge in [-0.15, -0.1) is 0 Å². The summed E-state index contributed by atoms with van der Waals surface area (Å²) in [4.78, 5) is 20.2. The average molecular weight is 427 g/mol. The predicted molar refractivity (Wildman–Crippen MR) is 130 cm³/mol. The molecule has 1 amide bonds. The van der Waals surface area contributed by atoms with E-state index in [-0.39, 0.29) is 18.1 Å². The molecule has 1 fully saturated rings. The molecule has 5 nitrogen and oxygen atoms in total. The molecule has 0 spiro atoms. The van der Waals surface area contributed by atoms with E-state index < -0.39 is 0 Å². The number of anilines is 2. The Morgan fingerprint density at radius 2 is 1.47 bits per heavy atom. The van der Waals surface area contributed by atoms with Crippen molar-refractivity contribution in [2.75, 3.05) is 42.5 Å². The van der Waals surface area contributed by atoms with E-state index in [9.17, 15) is 4.79 Å². The Labute approximate surface area is 190 Å². The van der Waals surface area contributed by atoms with Crippen molar-refractivity contribution in [1.82, 2.24) is 10.2 Å². The lowest BCUT2D eigenvalue weighted by atomic mass is 10.0. The van der Waals surface area contributed by atoms with Crippen molar-refractivity contribution >= 4 is 17.3 Å².